The van der Waals surface area contributed by atoms with E-state index in [1.165, 1.54) is 6.08 Å². The van der Waals surface area contributed by atoms with Crippen LogP contribution in [0.15, 0.2) is 54.9 Å². The zero-order chi connectivity index (χ0) is 12.8. The molecule has 3 nitrogen and oxygen atoms in total. The van der Waals surface area contributed by atoms with E-state index >= 15 is 0 Å². The lowest BCUT2D eigenvalue weighted by molar-refractivity contribution is 0.104. The molecule has 0 saturated carbocycles. The van der Waals surface area contributed by atoms with Crippen LogP contribution in [0.2, 0.25) is 0 Å². The summed E-state index contributed by atoms with van der Waals surface area (Å²) in [5, 5.41) is 8.66. The highest BCUT2D eigenvalue weighted by Crippen LogP contribution is 2.06. The first-order chi connectivity index (χ1) is 8.79. The number of ketones is 1. The van der Waals surface area contributed by atoms with Crippen LogP contribution in [0.3, 0.4) is 0 Å². The Morgan fingerprint density at radius 2 is 2.00 bits per heavy atom. The molecular weight excluding hydrogens is 224 g/mol. The third-order valence-corrected chi connectivity index (χ3v) is 2.41. The second-order valence-electron chi connectivity index (χ2n) is 3.67. The standard InChI is InChI=1S/C15H10N2O/c16-10-12-3-6-14(7-4-12)15(18)8-5-13-2-1-9-17-11-13/h1-9,11H/b8-5-. The summed E-state index contributed by atoms with van der Waals surface area (Å²) >= 11 is 0. The number of allylic oxidation sites excluding steroid dienone is 1. The van der Waals surface area contributed by atoms with E-state index in [9.17, 15) is 4.79 Å². The second-order valence-corrected chi connectivity index (χ2v) is 3.67. The fraction of sp³-hybridized carbons (Fsp3) is 0. The Balaban J connectivity index is 2.12. The van der Waals surface area contributed by atoms with Gasteiger partial charge in [0.25, 0.3) is 0 Å². The van der Waals surface area contributed by atoms with Crippen LogP contribution in [0.4, 0.5) is 0 Å². The molecule has 0 aliphatic rings. The number of pyridine rings is 1. The minimum Gasteiger partial charge on any atom is -0.289 e. The SMILES string of the molecule is N#Cc1ccc(C(=O)/C=C\c2cccnc2)cc1. The smallest absolute Gasteiger partial charge is 0.185 e. The number of benzene rings is 1. The van der Waals surface area contributed by atoms with E-state index in [0.29, 0.717) is 11.1 Å². The van der Waals surface area contributed by atoms with Crippen molar-refractivity contribution in [3.63, 3.8) is 0 Å². The Hall–Kier alpha value is -2.73. The lowest BCUT2D eigenvalue weighted by Gasteiger charge is -1.95. The van der Waals surface area contributed by atoms with Crippen molar-refractivity contribution in [3.05, 3.63) is 71.6 Å². The quantitative estimate of drug-likeness (QED) is 0.606. The molecule has 86 valence electrons. The molecule has 0 aliphatic heterocycles. The van der Waals surface area contributed by atoms with Crippen molar-refractivity contribution < 1.29 is 4.79 Å². The number of hydrogen-bond donors (Lipinski definition) is 0. The van der Waals surface area contributed by atoms with Crippen LogP contribution >= 0.6 is 0 Å². The van der Waals surface area contributed by atoms with Gasteiger partial charge < -0.3 is 0 Å². The van der Waals surface area contributed by atoms with Crippen molar-refractivity contribution in [3.8, 4) is 6.07 Å². The second kappa shape index (κ2) is 5.55. The van der Waals surface area contributed by atoms with Gasteiger partial charge in [-0.2, -0.15) is 5.26 Å². The zero-order valence-electron chi connectivity index (χ0n) is 9.58. The van der Waals surface area contributed by atoms with Crippen molar-refractivity contribution in [2.75, 3.05) is 0 Å². The summed E-state index contributed by atoms with van der Waals surface area (Å²) in [4.78, 5) is 15.8. The summed E-state index contributed by atoms with van der Waals surface area (Å²) in [6.07, 6.45) is 6.58. The maximum absolute atomic E-state index is 11.8. The molecule has 0 radical (unpaired) electrons. The van der Waals surface area contributed by atoms with E-state index < -0.39 is 0 Å². The molecule has 0 saturated heterocycles. The normalized spacial score (nSPS) is 10.2. The van der Waals surface area contributed by atoms with Crippen molar-refractivity contribution in [2.24, 2.45) is 0 Å². The number of rotatable bonds is 3. The van der Waals surface area contributed by atoms with Gasteiger partial charge in [0.2, 0.25) is 0 Å². The van der Waals surface area contributed by atoms with Crippen LogP contribution in [0.5, 0.6) is 0 Å². The van der Waals surface area contributed by atoms with Crippen LogP contribution in [0.1, 0.15) is 21.5 Å². The fourth-order valence-corrected chi connectivity index (χ4v) is 1.45. The zero-order valence-corrected chi connectivity index (χ0v) is 9.58. The molecule has 0 aliphatic carbocycles. The Morgan fingerprint density at radius 1 is 1.22 bits per heavy atom. The third kappa shape index (κ3) is 2.89. The predicted molar refractivity (Wildman–Crippen MR) is 68.8 cm³/mol. The van der Waals surface area contributed by atoms with E-state index in [2.05, 4.69) is 4.98 Å². The fourth-order valence-electron chi connectivity index (χ4n) is 1.45. The van der Waals surface area contributed by atoms with Crippen LogP contribution in [-0.2, 0) is 0 Å². The minimum atomic E-state index is -0.0941. The molecule has 0 bridgehead atoms. The summed E-state index contributed by atoms with van der Waals surface area (Å²) in [5.41, 5.74) is 1.98. The molecule has 0 spiro atoms. The first-order valence-corrected chi connectivity index (χ1v) is 5.42. The van der Waals surface area contributed by atoms with Crippen LogP contribution in [0.25, 0.3) is 6.08 Å². The average molecular weight is 234 g/mol. The van der Waals surface area contributed by atoms with Gasteiger partial charge in [-0.1, -0.05) is 6.07 Å². The monoisotopic (exact) mass is 234 g/mol. The molecule has 2 aromatic rings. The van der Waals surface area contributed by atoms with E-state index in [1.54, 1.807) is 42.7 Å². The number of nitrogens with zero attached hydrogens (tertiary/aromatic N) is 2. The molecule has 1 aromatic carbocycles. The first kappa shape index (κ1) is 11.7. The molecule has 0 N–H and O–H groups in total. The molecule has 2 rings (SSSR count). The average Bonchev–Trinajstić information content (AvgIpc) is 2.46. The van der Waals surface area contributed by atoms with Gasteiger partial charge >= 0.3 is 0 Å². The molecule has 1 aromatic heterocycles. The molecule has 0 unspecified atom stereocenters. The highest BCUT2D eigenvalue weighted by molar-refractivity contribution is 6.06. The highest BCUT2D eigenvalue weighted by Gasteiger charge is 2.01. The van der Waals surface area contributed by atoms with Crippen LogP contribution in [-0.4, -0.2) is 10.8 Å². The molecule has 0 amide bonds. The minimum absolute atomic E-state index is 0.0941. The summed E-state index contributed by atoms with van der Waals surface area (Å²) in [6.45, 7) is 0. The summed E-state index contributed by atoms with van der Waals surface area (Å²) in [6, 6.07) is 12.3. The Morgan fingerprint density at radius 3 is 2.61 bits per heavy atom. The molecule has 3 heteroatoms. The van der Waals surface area contributed by atoms with Crippen molar-refractivity contribution in [1.82, 2.24) is 4.98 Å². The van der Waals surface area contributed by atoms with E-state index in [0.717, 1.165) is 5.56 Å². The first-order valence-electron chi connectivity index (χ1n) is 5.42. The van der Waals surface area contributed by atoms with Crippen molar-refractivity contribution in [1.29, 1.82) is 5.26 Å². The van der Waals surface area contributed by atoms with Gasteiger partial charge in [0.15, 0.2) is 5.78 Å². The van der Waals surface area contributed by atoms with Crippen LogP contribution in [0, 0.1) is 11.3 Å². The number of hydrogen-bond acceptors (Lipinski definition) is 3. The summed E-state index contributed by atoms with van der Waals surface area (Å²) in [7, 11) is 0. The maximum Gasteiger partial charge on any atom is 0.185 e. The van der Waals surface area contributed by atoms with Crippen LogP contribution < -0.4 is 0 Å². The van der Waals surface area contributed by atoms with E-state index in [4.69, 9.17) is 5.26 Å². The van der Waals surface area contributed by atoms with Crippen molar-refractivity contribution in [2.45, 2.75) is 0 Å². The Labute approximate surface area is 105 Å². The predicted octanol–water partition coefficient (Wildman–Crippen LogP) is 2.85. The number of carbonyl (C=O) groups excluding carboxylic acids is 1. The number of nitriles is 1. The highest BCUT2D eigenvalue weighted by atomic mass is 16.1. The van der Waals surface area contributed by atoms with Gasteiger partial charge in [0.05, 0.1) is 11.6 Å². The molecular formula is C15H10N2O. The van der Waals surface area contributed by atoms with Crippen molar-refractivity contribution >= 4 is 11.9 Å². The van der Waals surface area contributed by atoms with Gasteiger partial charge in [-0.3, -0.25) is 9.78 Å². The number of aromatic nitrogens is 1. The molecule has 0 atom stereocenters. The Bertz CT molecular complexity index is 607. The topological polar surface area (TPSA) is 53.8 Å². The van der Waals surface area contributed by atoms with Gasteiger partial charge in [-0.05, 0) is 48.0 Å². The Kier molecular flexibility index (Phi) is 3.62. The van der Waals surface area contributed by atoms with Gasteiger partial charge in [-0.25, -0.2) is 0 Å². The maximum atomic E-state index is 11.8. The van der Waals surface area contributed by atoms with E-state index in [1.807, 2.05) is 18.2 Å². The summed E-state index contributed by atoms with van der Waals surface area (Å²) < 4.78 is 0. The third-order valence-electron chi connectivity index (χ3n) is 2.41. The molecule has 18 heavy (non-hydrogen) atoms. The van der Waals surface area contributed by atoms with Gasteiger partial charge in [0, 0.05) is 18.0 Å². The lowest BCUT2D eigenvalue weighted by atomic mass is 10.1. The number of carbonyl (C=O) groups is 1. The van der Waals surface area contributed by atoms with Gasteiger partial charge in [-0.15, -0.1) is 0 Å². The molecule has 1 heterocycles. The summed E-state index contributed by atoms with van der Waals surface area (Å²) in [5.74, 6) is -0.0941. The largest absolute Gasteiger partial charge is 0.289 e. The lowest BCUT2D eigenvalue weighted by Crippen LogP contribution is -1.93. The van der Waals surface area contributed by atoms with E-state index in [-0.39, 0.29) is 5.78 Å². The van der Waals surface area contributed by atoms with Gasteiger partial charge in [0.1, 0.15) is 0 Å². The molecule has 0 fully saturated rings.